The standard InChI is InChI=1S/C20H35F3O6/c1-10-17(4,5)29-16(25)26-13(2)11-18(6,7)27-14(3)12-19(8,9)28-15(24)20(21,22)23/h13-14H,10-12H2,1-9H3. The summed E-state index contributed by atoms with van der Waals surface area (Å²) in [5.74, 6) is -2.23. The number of hydrogen-bond acceptors (Lipinski definition) is 6. The molecule has 0 fully saturated rings. The number of rotatable bonds is 10. The van der Waals surface area contributed by atoms with Crippen molar-refractivity contribution in [1.29, 1.82) is 0 Å². The van der Waals surface area contributed by atoms with Crippen molar-refractivity contribution in [2.45, 2.75) is 117 Å². The maximum atomic E-state index is 12.4. The SMILES string of the molecule is CCC(C)(C)OC(=O)OC(C)CC(C)(C)OC(C)CC(C)(C)OC(=O)C(F)(F)F. The first-order valence-corrected chi connectivity index (χ1v) is 9.66. The van der Waals surface area contributed by atoms with Gasteiger partial charge in [0.1, 0.15) is 17.3 Å². The van der Waals surface area contributed by atoms with Crippen LogP contribution in [0.5, 0.6) is 0 Å². The predicted molar refractivity (Wildman–Crippen MR) is 101 cm³/mol. The predicted octanol–water partition coefficient (Wildman–Crippen LogP) is 5.56. The first kappa shape index (κ1) is 27.5. The summed E-state index contributed by atoms with van der Waals surface area (Å²) in [6, 6.07) is 0. The van der Waals surface area contributed by atoms with Crippen molar-refractivity contribution in [2.24, 2.45) is 0 Å². The van der Waals surface area contributed by atoms with Crippen molar-refractivity contribution in [1.82, 2.24) is 0 Å². The van der Waals surface area contributed by atoms with Crippen LogP contribution in [-0.2, 0) is 23.7 Å². The van der Waals surface area contributed by atoms with Crippen LogP contribution in [0.4, 0.5) is 18.0 Å². The zero-order valence-electron chi connectivity index (χ0n) is 18.9. The molecule has 0 spiro atoms. The lowest BCUT2D eigenvalue weighted by Crippen LogP contribution is -2.41. The molecule has 0 aliphatic carbocycles. The number of hydrogen-bond donors (Lipinski definition) is 0. The van der Waals surface area contributed by atoms with Crippen LogP contribution in [0.15, 0.2) is 0 Å². The number of halogens is 3. The van der Waals surface area contributed by atoms with Gasteiger partial charge in [0.25, 0.3) is 0 Å². The van der Waals surface area contributed by atoms with E-state index in [-0.39, 0.29) is 6.42 Å². The second-order valence-electron chi connectivity index (χ2n) is 9.14. The van der Waals surface area contributed by atoms with Crippen LogP contribution in [0.3, 0.4) is 0 Å². The Hall–Kier alpha value is -1.51. The average Bonchev–Trinajstić information content (AvgIpc) is 2.41. The third-order valence-electron chi connectivity index (χ3n) is 4.19. The van der Waals surface area contributed by atoms with Gasteiger partial charge in [-0.3, -0.25) is 0 Å². The quantitative estimate of drug-likeness (QED) is 0.424. The number of esters is 1. The average molecular weight is 428 g/mol. The molecular formula is C20H35F3O6. The molecule has 0 aromatic heterocycles. The molecule has 0 aromatic carbocycles. The molecular weight excluding hydrogens is 393 g/mol. The van der Waals surface area contributed by atoms with Crippen molar-refractivity contribution in [3.05, 3.63) is 0 Å². The maximum absolute atomic E-state index is 12.4. The van der Waals surface area contributed by atoms with Gasteiger partial charge in [0.2, 0.25) is 0 Å². The fraction of sp³-hybridized carbons (Fsp3) is 0.900. The zero-order chi connectivity index (χ0) is 23.3. The number of alkyl halides is 3. The monoisotopic (exact) mass is 428 g/mol. The van der Waals surface area contributed by atoms with Gasteiger partial charge in [-0.05, 0) is 61.8 Å². The fourth-order valence-electron chi connectivity index (χ4n) is 2.90. The van der Waals surface area contributed by atoms with Gasteiger partial charge in [-0.2, -0.15) is 13.2 Å². The summed E-state index contributed by atoms with van der Waals surface area (Å²) in [4.78, 5) is 22.9. The summed E-state index contributed by atoms with van der Waals surface area (Å²) in [6.45, 7) is 15.2. The number of ether oxygens (including phenoxy) is 4. The van der Waals surface area contributed by atoms with E-state index in [1.54, 1.807) is 41.5 Å². The highest BCUT2D eigenvalue weighted by atomic mass is 19.4. The summed E-state index contributed by atoms with van der Waals surface area (Å²) in [6.07, 6.45) is -5.81. The van der Waals surface area contributed by atoms with E-state index in [4.69, 9.17) is 14.2 Å². The van der Waals surface area contributed by atoms with E-state index in [0.717, 1.165) is 0 Å². The van der Waals surface area contributed by atoms with E-state index in [1.165, 1.54) is 13.8 Å². The highest BCUT2D eigenvalue weighted by Gasteiger charge is 2.44. The largest absolute Gasteiger partial charge is 0.509 e. The molecule has 0 saturated heterocycles. The van der Waals surface area contributed by atoms with Crippen molar-refractivity contribution < 1.29 is 41.7 Å². The molecule has 0 aliphatic rings. The van der Waals surface area contributed by atoms with Gasteiger partial charge in [-0.25, -0.2) is 9.59 Å². The lowest BCUT2D eigenvalue weighted by molar-refractivity contribution is -0.214. The molecule has 2 atom stereocenters. The van der Waals surface area contributed by atoms with Crippen LogP contribution in [0, 0.1) is 0 Å². The Bertz CT molecular complexity index is 555. The second kappa shape index (κ2) is 10.00. The molecule has 172 valence electrons. The minimum absolute atomic E-state index is 0.0558. The molecule has 2 unspecified atom stereocenters. The van der Waals surface area contributed by atoms with Gasteiger partial charge in [0.05, 0.1) is 11.7 Å². The fourth-order valence-corrected chi connectivity index (χ4v) is 2.90. The molecule has 6 nitrogen and oxygen atoms in total. The molecule has 0 radical (unpaired) electrons. The van der Waals surface area contributed by atoms with E-state index >= 15 is 0 Å². The molecule has 0 amide bonds. The van der Waals surface area contributed by atoms with Crippen LogP contribution in [0.1, 0.15) is 81.6 Å². The molecule has 0 saturated carbocycles. The molecule has 0 bridgehead atoms. The second-order valence-corrected chi connectivity index (χ2v) is 9.14. The Morgan fingerprint density at radius 2 is 1.28 bits per heavy atom. The Kier molecular flexibility index (Phi) is 9.48. The van der Waals surface area contributed by atoms with Gasteiger partial charge in [0, 0.05) is 12.8 Å². The third kappa shape index (κ3) is 11.9. The zero-order valence-corrected chi connectivity index (χ0v) is 18.9. The van der Waals surface area contributed by atoms with E-state index in [9.17, 15) is 22.8 Å². The van der Waals surface area contributed by atoms with Gasteiger partial charge in [0.15, 0.2) is 0 Å². The smallest absolute Gasteiger partial charge is 0.453 e. The van der Waals surface area contributed by atoms with Crippen molar-refractivity contribution in [3.63, 3.8) is 0 Å². The number of carbonyl (C=O) groups excluding carboxylic acids is 2. The summed E-state index contributed by atoms with van der Waals surface area (Å²) in [7, 11) is 0. The Morgan fingerprint density at radius 1 is 0.793 bits per heavy atom. The minimum Gasteiger partial charge on any atom is -0.453 e. The Labute approximate surface area is 171 Å². The highest BCUT2D eigenvalue weighted by molar-refractivity contribution is 5.76. The van der Waals surface area contributed by atoms with Gasteiger partial charge in [-0.1, -0.05) is 6.92 Å². The van der Waals surface area contributed by atoms with E-state index < -0.39 is 47.3 Å². The maximum Gasteiger partial charge on any atom is 0.509 e. The summed E-state index contributed by atoms with van der Waals surface area (Å²) in [5.41, 5.74) is -2.74. The normalized spacial score (nSPS) is 15.4. The summed E-state index contributed by atoms with van der Waals surface area (Å²) >= 11 is 0. The molecule has 9 heteroatoms. The summed E-state index contributed by atoms with van der Waals surface area (Å²) < 4.78 is 58.2. The Morgan fingerprint density at radius 3 is 1.72 bits per heavy atom. The van der Waals surface area contributed by atoms with E-state index in [1.807, 2.05) is 6.92 Å². The molecule has 0 aliphatic heterocycles. The molecule has 0 rings (SSSR count). The van der Waals surface area contributed by atoms with Crippen LogP contribution < -0.4 is 0 Å². The van der Waals surface area contributed by atoms with Crippen LogP contribution in [-0.4, -0.2) is 47.3 Å². The first-order valence-electron chi connectivity index (χ1n) is 9.66. The minimum atomic E-state index is -5.05. The van der Waals surface area contributed by atoms with Crippen LogP contribution in [0.25, 0.3) is 0 Å². The number of carbonyl (C=O) groups is 2. The molecule has 29 heavy (non-hydrogen) atoms. The first-order chi connectivity index (χ1) is 12.8. The summed E-state index contributed by atoms with van der Waals surface area (Å²) in [5, 5.41) is 0. The lowest BCUT2D eigenvalue weighted by Gasteiger charge is -2.35. The lowest BCUT2D eigenvalue weighted by atomic mass is 9.98. The van der Waals surface area contributed by atoms with Crippen molar-refractivity contribution in [2.75, 3.05) is 0 Å². The van der Waals surface area contributed by atoms with Crippen molar-refractivity contribution in [3.8, 4) is 0 Å². The topological polar surface area (TPSA) is 71.1 Å². The van der Waals surface area contributed by atoms with Crippen LogP contribution >= 0.6 is 0 Å². The van der Waals surface area contributed by atoms with Crippen molar-refractivity contribution >= 4 is 12.1 Å². The Balaban J connectivity index is 4.68. The van der Waals surface area contributed by atoms with E-state index in [0.29, 0.717) is 12.8 Å². The highest BCUT2D eigenvalue weighted by Crippen LogP contribution is 2.28. The molecule has 0 aromatic rings. The van der Waals surface area contributed by atoms with Crippen LogP contribution in [0.2, 0.25) is 0 Å². The van der Waals surface area contributed by atoms with Gasteiger partial charge in [-0.15, -0.1) is 0 Å². The van der Waals surface area contributed by atoms with Gasteiger partial charge < -0.3 is 18.9 Å². The van der Waals surface area contributed by atoms with E-state index in [2.05, 4.69) is 4.74 Å². The third-order valence-corrected chi connectivity index (χ3v) is 4.19. The molecule has 0 N–H and O–H groups in total. The molecule has 0 heterocycles. The van der Waals surface area contributed by atoms with Gasteiger partial charge >= 0.3 is 18.3 Å².